The van der Waals surface area contributed by atoms with Crippen LogP contribution in [0.2, 0.25) is 5.02 Å². The molecule has 0 amide bonds. The Hall–Kier alpha value is -1.03. The molecule has 1 aromatic rings. The second-order valence-electron chi connectivity index (χ2n) is 4.15. The third-order valence-corrected chi connectivity index (χ3v) is 3.37. The highest BCUT2D eigenvalue weighted by molar-refractivity contribution is 6.31. The zero-order valence-electron chi connectivity index (χ0n) is 10.5. The monoisotopic (exact) mass is 258 g/mol. The Labute approximate surface area is 107 Å². The molecule has 1 unspecified atom stereocenters. The van der Waals surface area contributed by atoms with Crippen molar-refractivity contribution in [2.75, 3.05) is 0 Å². The number of hydrogen-bond donors (Lipinski definition) is 1. The number of halogens is 1. The van der Waals surface area contributed by atoms with E-state index >= 15 is 0 Å². The number of hydrogen-bond acceptors (Lipinski definition) is 2. The highest BCUT2D eigenvalue weighted by Crippen LogP contribution is 2.24. The zero-order valence-corrected chi connectivity index (χ0v) is 11.3. The number of carboxylic acids is 1. The Morgan fingerprint density at radius 2 is 2.18 bits per heavy atom. The van der Waals surface area contributed by atoms with Crippen LogP contribution in [0.1, 0.15) is 38.6 Å². The van der Waals surface area contributed by atoms with Crippen LogP contribution in [-0.2, 0) is 24.2 Å². The lowest BCUT2D eigenvalue weighted by atomic mass is 10.0. The molecule has 0 aliphatic heterocycles. The molecule has 0 bridgehead atoms. The van der Waals surface area contributed by atoms with E-state index in [0.717, 1.165) is 24.4 Å². The van der Waals surface area contributed by atoms with Crippen LogP contribution >= 0.6 is 11.6 Å². The van der Waals surface area contributed by atoms with E-state index in [9.17, 15) is 4.79 Å². The van der Waals surface area contributed by atoms with Crippen LogP contribution in [0.15, 0.2) is 0 Å². The van der Waals surface area contributed by atoms with Crippen LogP contribution in [0.25, 0.3) is 0 Å². The highest BCUT2D eigenvalue weighted by atomic mass is 35.5. The summed E-state index contributed by atoms with van der Waals surface area (Å²) in [4.78, 5) is 10.8. The predicted octanol–water partition coefficient (Wildman–Crippen LogP) is 2.77. The Morgan fingerprint density at radius 3 is 2.65 bits per heavy atom. The molecule has 1 heterocycles. The minimum absolute atomic E-state index is 0.351. The van der Waals surface area contributed by atoms with Crippen LogP contribution in [-0.4, -0.2) is 20.9 Å². The van der Waals surface area contributed by atoms with Gasteiger partial charge in [0.15, 0.2) is 0 Å². The van der Waals surface area contributed by atoms with Crippen molar-refractivity contribution in [1.29, 1.82) is 0 Å². The van der Waals surface area contributed by atoms with Crippen molar-refractivity contribution < 1.29 is 9.90 Å². The van der Waals surface area contributed by atoms with E-state index in [0.29, 0.717) is 17.9 Å². The van der Waals surface area contributed by atoms with Gasteiger partial charge in [-0.1, -0.05) is 25.4 Å². The molecule has 0 radical (unpaired) electrons. The van der Waals surface area contributed by atoms with Crippen LogP contribution in [0.4, 0.5) is 0 Å². The van der Waals surface area contributed by atoms with Gasteiger partial charge in [0.25, 0.3) is 0 Å². The summed E-state index contributed by atoms with van der Waals surface area (Å²) in [6.45, 7) is 6.49. The predicted molar refractivity (Wildman–Crippen MR) is 67.4 cm³/mol. The number of rotatable bonds is 6. The first kappa shape index (κ1) is 14.0. The second kappa shape index (κ2) is 6.05. The fourth-order valence-corrected chi connectivity index (χ4v) is 2.10. The summed E-state index contributed by atoms with van der Waals surface area (Å²) in [6, 6.07) is 0. The lowest BCUT2D eigenvalue weighted by molar-refractivity contribution is -0.141. The van der Waals surface area contributed by atoms with Gasteiger partial charge in [0.2, 0.25) is 0 Å². The van der Waals surface area contributed by atoms with E-state index in [-0.39, 0.29) is 5.92 Å². The van der Waals surface area contributed by atoms with Gasteiger partial charge in [0.1, 0.15) is 0 Å². The fraction of sp³-hybridized carbons (Fsp3) is 0.667. The van der Waals surface area contributed by atoms with Gasteiger partial charge in [0.05, 0.1) is 22.3 Å². The van der Waals surface area contributed by atoms with Crippen molar-refractivity contribution in [2.24, 2.45) is 5.92 Å². The average molecular weight is 259 g/mol. The maximum atomic E-state index is 10.8. The number of aliphatic carboxylic acids is 1. The van der Waals surface area contributed by atoms with Gasteiger partial charge in [-0.05, 0) is 26.2 Å². The standard InChI is InChI=1S/C12H19ClN2O2/c1-4-9-11(13)10(15(5-2)14-9)7-6-8(3)12(16)17/h8H,4-7H2,1-3H3,(H,16,17). The molecule has 5 heteroatoms. The minimum Gasteiger partial charge on any atom is -0.481 e. The number of carbonyl (C=O) groups is 1. The van der Waals surface area contributed by atoms with Gasteiger partial charge < -0.3 is 5.11 Å². The van der Waals surface area contributed by atoms with E-state index in [1.54, 1.807) is 6.92 Å². The van der Waals surface area contributed by atoms with Crippen molar-refractivity contribution in [2.45, 2.75) is 46.6 Å². The van der Waals surface area contributed by atoms with E-state index in [4.69, 9.17) is 16.7 Å². The molecule has 1 atom stereocenters. The SMILES string of the molecule is CCc1nn(CC)c(CCC(C)C(=O)O)c1Cl. The topological polar surface area (TPSA) is 55.1 Å². The molecule has 1 aromatic heterocycles. The molecular weight excluding hydrogens is 240 g/mol. The zero-order chi connectivity index (χ0) is 13.0. The fourth-order valence-electron chi connectivity index (χ4n) is 1.73. The maximum Gasteiger partial charge on any atom is 0.306 e. The van der Waals surface area contributed by atoms with Gasteiger partial charge >= 0.3 is 5.97 Å². The van der Waals surface area contributed by atoms with Gasteiger partial charge in [-0.2, -0.15) is 5.10 Å². The van der Waals surface area contributed by atoms with Crippen LogP contribution < -0.4 is 0 Å². The molecule has 96 valence electrons. The Balaban J connectivity index is 2.82. The first-order valence-electron chi connectivity index (χ1n) is 5.98. The quantitative estimate of drug-likeness (QED) is 0.854. The molecule has 17 heavy (non-hydrogen) atoms. The third kappa shape index (κ3) is 3.22. The van der Waals surface area contributed by atoms with E-state index in [1.807, 2.05) is 18.5 Å². The van der Waals surface area contributed by atoms with Crippen LogP contribution in [0.3, 0.4) is 0 Å². The van der Waals surface area contributed by atoms with Crippen molar-refractivity contribution in [3.63, 3.8) is 0 Å². The van der Waals surface area contributed by atoms with Gasteiger partial charge in [-0.3, -0.25) is 9.48 Å². The molecule has 1 N–H and O–H groups in total. The summed E-state index contributed by atoms with van der Waals surface area (Å²) in [5.41, 5.74) is 1.85. The molecule has 0 spiro atoms. The van der Waals surface area contributed by atoms with Crippen molar-refractivity contribution in [3.8, 4) is 0 Å². The number of carboxylic acid groups (broad SMARTS) is 1. The summed E-state index contributed by atoms with van der Waals surface area (Å²) in [7, 11) is 0. The molecule has 0 aliphatic carbocycles. The number of aryl methyl sites for hydroxylation is 2. The normalized spacial score (nSPS) is 12.7. The summed E-state index contributed by atoms with van der Waals surface area (Å²) in [6.07, 6.45) is 2.05. The van der Waals surface area contributed by atoms with Gasteiger partial charge in [0, 0.05) is 6.54 Å². The number of aromatic nitrogens is 2. The lowest BCUT2D eigenvalue weighted by Crippen LogP contribution is -2.12. The van der Waals surface area contributed by atoms with Crippen LogP contribution in [0.5, 0.6) is 0 Å². The molecule has 0 fully saturated rings. The van der Waals surface area contributed by atoms with E-state index in [1.165, 1.54) is 0 Å². The van der Waals surface area contributed by atoms with E-state index in [2.05, 4.69) is 5.10 Å². The Morgan fingerprint density at radius 1 is 1.53 bits per heavy atom. The highest BCUT2D eigenvalue weighted by Gasteiger charge is 2.17. The molecule has 0 aromatic carbocycles. The first-order chi connectivity index (χ1) is 8.01. The van der Waals surface area contributed by atoms with Gasteiger partial charge in [-0.15, -0.1) is 0 Å². The first-order valence-corrected chi connectivity index (χ1v) is 6.35. The van der Waals surface area contributed by atoms with Gasteiger partial charge in [-0.25, -0.2) is 0 Å². The molecule has 0 saturated heterocycles. The average Bonchev–Trinajstić information content (AvgIpc) is 2.62. The van der Waals surface area contributed by atoms with Crippen molar-refractivity contribution >= 4 is 17.6 Å². The molecular formula is C12H19ClN2O2. The number of nitrogens with zero attached hydrogens (tertiary/aromatic N) is 2. The summed E-state index contributed by atoms with van der Waals surface area (Å²) < 4.78 is 1.87. The Kier molecular flexibility index (Phi) is 5.00. The Bertz CT molecular complexity index is 401. The molecule has 4 nitrogen and oxygen atoms in total. The summed E-state index contributed by atoms with van der Waals surface area (Å²) in [5.74, 6) is -1.12. The molecule has 0 saturated carbocycles. The van der Waals surface area contributed by atoms with Crippen molar-refractivity contribution in [1.82, 2.24) is 9.78 Å². The second-order valence-corrected chi connectivity index (χ2v) is 4.53. The van der Waals surface area contributed by atoms with E-state index < -0.39 is 5.97 Å². The molecule has 0 aliphatic rings. The minimum atomic E-state index is -0.764. The maximum absolute atomic E-state index is 10.8. The summed E-state index contributed by atoms with van der Waals surface area (Å²) >= 11 is 6.24. The van der Waals surface area contributed by atoms with Crippen molar-refractivity contribution in [3.05, 3.63) is 16.4 Å². The smallest absolute Gasteiger partial charge is 0.306 e. The third-order valence-electron chi connectivity index (χ3n) is 2.93. The summed E-state index contributed by atoms with van der Waals surface area (Å²) in [5, 5.41) is 14.0. The lowest BCUT2D eigenvalue weighted by Gasteiger charge is -2.08. The molecule has 1 rings (SSSR count). The largest absolute Gasteiger partial charge is 0.481 e. The van der Waals surface area contributed by atoms with Crippen LogP contribution in [0, 0.1) is 5.92 Å².